The number of benzene rings is 1. The lowest BCUT2D eigenvalue weighted by Gasteiger charge is -2.38. The van der Waals surface area contributed by atoms with Crippen LogP contribution in [-0.4, -0.2) is 48.8 Å². The van der Waals surface area contributed by atoms with Crippen LogP contribution in [-0.2, 0) is 6.54 Å². The number of amides is 1. The number of nitrogens with zero attached hydrogens (tertiary/aromatic N) is 4. The Kier molecular flexibility index (Phi) is 5.19. The molecule has 1 N–H and O–H groups in total. The summed E-state index contributed by atoms with van der Waals surface area (Å²) in [6.45, 7) is 3.11. The van der Waals surface area contributed by atoms with Crippen LogP contribution in [0, 0.1) is 6.92 Å². The molecule has 0 saturated carbocycles. The van der Waals surface area contributed by atoms with Gasteiger partial charge in [-0.15, -0.1) is 11.3 Å². The fourth-order valence-electron chi connectivity index (χ4n) is 4.25. The van der Waals surface area contributed by atoms with Gasteiger partial charge in [0.15, 0.2) is 0 Å². The molecule has 4 aromatic rings. The Hall–Kier alpha value is -3.23. The SMILES string of the molecule is Cc1ccc(-c2cccc(C(=O)N3CCC(O)(Cn4cnn5cccc5c4=O)CC3)c2)s1. The van der Waals surface area contributed by atoms with Crippen molar-refractivity contribution in [3.63, 3.8) is 0 Å². The van der Waals surface area contributed by atoms with Crippen molar-refractivity contribution in [3.8, 4) is 10.4 Å². The highest BCUT2D eigenvalue weighted by Gasteiger charge is 2.35. The number of piperidine rings is 1. The number of carbonyl (C=O) groups is 1. The lowest BCUT2D eigenvalue weighted by atomic mass is 9.91. The van der Waals surface area contributed by atoms with Gasteiger partial charge < -0.3 is 10.0 Å². The van der Waals surface area contributed by atoms with Crippen LogP contribution >= 0.6 is 11.3 Å². The molecule has 1 aromatic carbocycles. The first-order valence-corrected chi connectivity index (χ1v) is 11.4. The number of carbonyl (C=O) groups excluding carboxylic acids is 1. The number of aromatic nitrogens is 3. The molecule has 0 bridgehead atoms. The molecule has 32 heavy (non-hydrogen) atoms. The van der Waals surface area contributed by atoms with Crippen molar-refractivity contribution in [3.05, 3.63) is 81.8 Å². The molecule has 1 aliphatic rings. The fraction of sp³-hybridized carbons (Fsp3) is 0.292. The third-order valence-electron chi connectivity index (χ3n) is 6.10. The summed E-state index contributed by atoms with van der Waals surface area (Å²) in [7, 11) is 0. The molecule has 0 aliphatic carbocycles. The van der Waals surface area contributed by atoms with Gasteiger partial charge >= 0.3 is 0 Å². The maximum atomic E-state index is 13.1. The maximum Gasteiger partial charge on any atom is 0.277 e. The van der Waals surface area contributed by atoms with E-state index in [1.807, 2.05) is 24.3 Å². The lowest BCUT2D eigenvalue weighted by molar-refractivity contribution is -0.0300. The Bertz CT molecular complexity index is 1340. The minimum atomic E-state index is -1.05. The zero-order valence-electron chi connectivity index (χ0n) is 17.8. The van der Waals surface area contributed by atoms with Gasteiger partial charge in [-0.3, -0.25) is 14.2 Å². The topological polar surface area (TPSA) is 79.8 Å². The van der Waals surface area contributed by atoms with E-state index >= 15 is 0 Å². The average Bonchev–Trinajstić information content (AvgIpc) is 3.45. The molecule has 1 fully saturated rings. The Labute approximate surface area is 189 Å². The number of hydrogen-bond acceptors (Lipinski definition) is 5. The van der Waals surface area contributed by atoms with E-state index in [0.717, 1.165) is 10.4 Å². The van der Waals surface area contributed by atoms with Gasteiger partial charge in [0.05, 0.1) is 12.1 Å². The van der Waals surface area contributed by atoms with E-state index in [2.05, 4.69) is 24.2 Å². The molecule has 164 valence electrons. The molecule has 0 atom stereocenters. The highest BCUT2D eigenvalue weighted by Crippen LogP contribution is 2.29. The lowest BCUT2D eigenvalue weighted by Crippen LogP contribution is -2.49. The van der Waals surface area contributed by atoms with E-state index in [0.29, 0.717) is 37.0 Å². The quantitative estimate of drug-likeness (QED) is 0.520. The Morgan fingerprint density at radius 1 is 1.16 bits per heavy atom. The van der Waals surface area contributed by atoms with E-state index in [9.17, 15) is 14.7 Å². The molecule has 0 spiro atoms. The second kappa shape index (κ2) is 8.03. The van der Waals surface area contributed by atoms with Crippen molar-refractivity contribution >= 4 is 22.8 Å². The van der Waals surface area contributed by atoms with Gasteiger partial charge in [0.1, 0.15) is 11.8 Å². The summed E-state index contributed by atoms with van der Waals surface area (Å²) in [6.07, 6.45) is 3.99. The zero-order chi connectivity index (χ0) is 22.3. The molecule has 0 radical (unpaired) electrons. The maximum absolute atomic E-state index is 13.1. The summed E-state index contributed by atoms with van der Waals surface area (Å²) in [5, 5.41) is 15.3. The van der Waals surface area contributed by atoms with E-state index in [4.69, 9.17) is 0 Å². The molecule has 1 amide bonds. The summed E-state index contributed by atoms with van der Waals surface area (Å²) >= 11 is 1.71. The minimum absolute atomic E-state index is 0.0318. The van der Waals surface area contributed by atoms with Crippen molar-refractivity contribution in [2.75, 3.05) is 13.1 Å². The van der Waals surface area contributed by atoms with Gasteiger partial charge in [0, 0.05) is 34.6 Å². The first-order valence-electron chi connectivity index (χ1n) is 10.6. The van der Waals surface area contributed by atoms with E-state index in [1.54, 1.807) is 34.6 Å². The van der Waals surface area contributed by atoms with Crippen molar-refractivity contribution in [1.82, 2.24) is 19.1 Å². The Balaban J connectivity index is 1.28. The third kappa shape index (κ3) is 3.87. The second-order valence-electron chi connectivity index (χ2n) is 8.41. The van der Waals surface area contributed by atoms with Gasteiger partial charge in [-0.25, -0.2) is 4.52 Å². The van der Waals surface area contributed by atoms with Crippen LogP contribution in [0.3, 0.4) is 0 Å². The standard InChI is InChI=1S/C24H24N4O3S/c1-17-7-8-21(32-17)18-4-2-5-19(14-18)22(29)26-12-9-24(31,10-13-26)15-27-16-25-28-11-3-6-20(28)23(27)30/h2-8,11,14,16,31H,9-10,12-13,15H2,1H3. The second-order valence-corrected chi connectivity index (χ2v) is 9.70. The van der Waals surface area contributed by atoms with Crippen molar-refractivity contribution < 1.29 is 9.90 Å². The van der Waals surface area contributed by atoms with Crippen LogP contribution in [0.4, 0.5) is 0 Å². The van der Waals surface area contributed by atoms with Crippen LogP contribution in [0.15, 0.2) is 65.8 Å². The largest absolute Gasteiger partial charge is 0.388 e. The van der Waals surface area contributed by atoms with Crippen molar-refractivity contribution in [2.45, 2.75) is 31.9 Å². The first kappa shape index (κ1) is 20.7. The highest BCUT2D eigenvalue weighted by molar-refractivity contribution is 7.15. The van der Waals surface area contributed by atoms with Crippen molar-refractivity contribution in [1.29, 1.82) is 0 Å². The van der Waals surface area contributed by atoms with Gasteiger partial charge in [-0.05, 0) is 61.7 Å². The molecule has 0 unspecified atom stereocenters. The molecule has 5 rings (SSSR count). The molecule has 1 saturated heterocycles. The normalized spacial score (nSPS) is 15.9. The predicted molar refractivity (Wildman–Crippen MR) is 124 cm³/mol. The van der Waals surface area contributed by atoms with Crippen LogP contribution in [0.5, 0.6) is 0 Å². The monoisotopic (exact) mass is 448 g/mol. The van der Waals surface area contributed by atoms with E-state index < -0.39 is 5.60 Å². The molecule has 4 heterocycles. The van der Waals surface area contributed by atoms with E-state index in [1.165, 1.54) is 20.3 Å². The van der Waals surface area contributed by atoms with Crippen LogP contribution in [0.2, 0.25) is 0 Å². The summed E-state index contributed by atoms with van der Waals surface area (Å²) in [4.78, 5) is 29.9. The average molecular weight is 449 g/mol. The third-order valence-corrected chi connectivity index (χ3v) is 7.15. The van der Waals surface area contributed by atoms with Crippen LogP contribution in [0.25, 0.3) is 16.0 Å². The minimum Gasteiger partial charge on any atom is -0.388 e. The van der Waals surface area contributed by atoms with Crippen LogP contribution in [0.1, 0.15) is 28.1 Å². The molecule has 3 aromatic heterocycles. The summed E-state index contributed by atoms with van der Waals surface area (Å²) in [5.74, 6) is -0.0318. The molecular weight excluding hydrogens is 424 g/mol. The number of aliphatic hydroxyl groups is 1. The smallest absolute Gasteiger partial charge is 0.277 e. The van der Waals surface area contributed by atoms with Crippen molar-refractivity contribution in [2.24, 2.45) is 0 Å². The van der Waals surface area contributed by atoms with Gasteiger partial charge in [-0.2, -0.15) is 5.10 Å². The summed E-state index contributed by atoms with van der Waals surface area (Å²) in [5.41, 5.74) is 0.930. The highest BCUT2D eigenvalue weighted by atomic mass is 32.1. The predicted octanol–water partition coefficient (Wildman–Crippen LogP) is 3.20. The number of aryl methyl sites for hydroxylation is 1. The molecule has 8 heteroatoms. The summed E-state index contributed by atoms with van der Waals surface area (Å²) < 4.78 is 2.98. The number of likely N-dealkylation sites (tertiary alicyclic amines) is 1. The number of rotatable bonds is 4. The number of thiophene rings is 1. The zero-order valence-corrected chi connectivity index (χ0v) is 18.6. The van der Waals surface area contributed by atoms with E-state index in [-0.39, 0.29) is 18.0 Å². The van der Waals surface area contributed by atoms with Crippen LogP contribution < -0.4 is 5.56 Å². The molecule has 1 aliphatic heterocycles. The Morgan fingerprint density at radius 3 is 2.72 bits per heavy atom. The van der Waals surface area contributed by atoms with Gasteiger partial charge in [-0.1, -0.05) is 12.1 Å². The van der Waals surface area contributed by atoms with Gasteiger partial charge in [0.2, 0.25) is 0 Å². The number of fused-ring (bicyclic) bond motifs is 1. The Morgan fingerprint density at radius 2 is 1.97 bits per heavy atom. The fourth-order valence-corrected chi connectivity index (χ4v) is 5.12. The first-order chi connectivity index (χ1) is 15.4. The molecular formula is C24H24N4O3S. The number of hydrogen-bond donors (Lipinski definition) is 1. The van der Waals surface area contributed by atoms with Gasteiger partial charge in [0.25, 0.3) is 11.5 Å². The summed E-state index contributed by atoms with van der Waals surface area (Å²) in [6, 6.07) is 15.3. The molecule has 7 nitrogen and oxygen atoms in total.